The smallest absolute Gasteiger partial charge is 0.0219 e. The topological polar surface area (TPSA) is 24.1 Å². The van der Waals surface area contributed by atoms with E-state index in [2.05, 4.69) is 31.4 Å². The summed E-state index contributed by atoms with van der Waals surface area (Å²) in [4.78, 5) is 0. The molecule has 0 spiro atoms. The molecule has 1 heterocycles. The molecule has 2 heteroatoms. The van der Waals surface area contributed by atoms with Crippen molar-refractivity contribution in [3.63, 3.8) is 0 Å². The average molecular weight is 196 g/mol. The SMILES string of the molecule is CC1CC(NC(C)C2CCCN2)C1C. The zero-order valence-electron chi connectivity index (χ0n) is 9.72. The molecule has 1 aliphatic heterocycles. The molecule has 14 heavy (non-hydrogen) atoms. The van der Waals surface area contributed by atoms with Gasteiger partial charge in [-0.15, -0.1) is 0 Å². The van der Waals surface area contributed by atoms with Crippen LogP contribution in [0, 0.1) is 11.8 Å². The lowest BCUT2D eigenvalue weighted by Gasteiger charge is -2.43. The Morgan fingerprint density at radius 1 is 1.36 bits per heavy atom. The standard InChI is InChI=1S/C12H24N2/c1-8-7-12(9(8)2)14-10(3)11-5-4-6-13-11/h8-14H,4-7H2,1-3H3. The third kappa shape index (κ3) is 1.96. The highest BCUT2D eigenvalue weighted by molar-refractivity contribution is 4.93. The van der Waals surface area contributed by atoms with Crippen LogP contribution in [0.2, 0.25) is 0 Å². The van der Waals surface area contributed by atoms with Gasteiger partial charge in [0.25, 0.3) is 0 Å². The molecule has 2 aliphatic rings. The van der Waals surface area contributed by atoms with Gasteiger partial charge >= 0.3 is 0 Å². The minimum absolute atomic E-state index is 0.650. The normalized spacial score (nSPS) is 44.8. The highest BCUT2D eigenvalue weighted by atomic mass is 15.1. The molecular weight excluding hydrogens is 172 g/mol. The van der Waals surface area contributed by atoms with Crippen LogP contribution in [0.15, 0.2) is 0 Å². The van der Waals surface area contributed by atoms with Crippen molar-refractivity contribution >= 4 is 0 Å². The lowest BCUT2D eigenvalue weighted by atomic mass is 9.71. The maximum atomic E-state index is 3.78. The molecule has 0 aromatic rings. The Kier molecular flexibility index (Phi) is 3.13. The Labute approximate surface area is 87.8 Å². The van der Waals surface area contributed by atoms with E-state index in [0.717, 1.165) is 23.9 Å². The molecule has 1 saturated carbocycles. The van der Waals surface area contributed by atoms with Gasteiger partial charge in [0.15, 0.2) is 0 Å². The summed E-state index contributed by atoms with van der Waals surface area (Å²) in [6.45, 7) is 8.29. The van der Waals surface area contributed by atoms with Crippen LogP contribution >= 0.6 is 0 Å². The highest BCUT2D eigenvalue weighted by Gasteiger charge is 2.36. The van der Waals surface area contributed by atoms with E-state index in [0.29, 0.717) is 6.04 Å². The van der Waals surface area contributed by atoms with Crippen LogP contribution < -0.4 is 10.6 Å². The van der Waals surface area contributed by atoms with E-state index in [-0.39, 0.29) is 0 Å². The minimum atomic E-state index is 0.650. The van der Waals surface area contributed by atoms with Gasteiger partial charge in [0.2, 0.25) is 0 Å². The maximum absolute atomic E-state index is 3.78. The van der Waals surface area contributed by atoms with Gasteiger partial charge in [-0.1, -0.05) is 13.8 Å². The zero-order valence-corrected chi connectivity index (χ0v) is 9.72. The molecule has 0 bridgehead atoms. The van der Waals surface area contributed by atoms with Crippen LogP contribution in [-0.2, 0) is 0 Å². The van der Waals surface area contributed by atoms with E-state index in [1.165, 1.54) is 25.8 Å². The first-order valence-electron chi connectivity index (χ1n) is 6.18. The van der Waals surface area contributed by atoms with Crippen molar-refractivity contribution in [1.29, 1.82) is 0 Å². The predicted octanol–water partition coefficient (Wildman–Crippen LogP) is 1.76. The molecule has 2 N–H and O–H groups in total. The Morgan fingerprint density at radius 3 is 2.64 bits per heavy atom. The first-order chi connectivity index (χ1) is 6.68. The van der Waals surface area contributed by atoms with Crippen LogP contribution in [-0.4, -0.2) is 24.7 Å². The quantitative estimate of drug-likeness (QED) is 0.719. The van der Waals surface area contributed by atoms with Crippen molar-refractivity contribution in [2.75, 3.05) is 6.54 Å². The Morgan fingerprint density at radius 2 is 2.14 bits per heavy atom. The summed E-state index contributed by atoms with van der Waals surface area (Å²) in [6, 6.07) is 2.15. The molecule has 2 rings (SSSR count). The number of rotatable bonds is 3. The van der Waals surface area contributed by atoms with Gasteiger partial charge in [0.05, 0.1) is 0 Å². The monoisotopic (exact) mass is 196 g/mol. The molecule has 1 saturated heterocycles. The van der Waals surface area contributed by atoms with Crippen molar-refractivity contribution in [3.05, 3.63) is 0 Å². The summed E-state index contributed by atoms with van der Waals surface area (Å²) in [5, 5.41) is 7.35. The first kappa shape index (κ1) is 10.4. The van der Waals surface area contributed by atoms with Gasteiger partial charge in [-0.2, -0.15) is 0 Å². The van der Waals surface area contributed by atoms with Crippen molar-refractivity contribution < 1.29 is 0 Å². The maximum Gasteiger partial charge on any atom is 0.0219 e. The molecule has 5 unspecified atom stereocenters. The molecule has 0 radical (unpaired) electrons. The van der Waals surface area contributed by atoms with Gasteiger partial charge in [0.1, 0.15) is 0 Å². The fourth-order valence-corrected chi connectivity index (χ4v) is 2.84. The Hall–Kier alpha value is -0.0800. The first-order valence-corrected chi connectivity index (χ1v) is 6.18. The van der Waals surface area contributed by atoms with E-state index >= 15 is 0 Å². The molecule has 0 aromatic carbocycles. The van der Waals surface area contributed by atoms with Gasteiger partial charge in [-0.25, -0.2) is 0 Å². The minimum Gasteiger partial charge on any atom is -0.312 e. The number of hydrogen-bond donors (Lipinski definition) is 2. The van der Waals surface area contributed by atoms with E-state index in [4.69, 9.17) is 0 Å². The largest absolute Gasteiger partial charge is 0.312 e. The molecule has 0 amide bonds. The van der Waals surface area contributed by atoms with E-state index < -0.39 is 0 Å². The van der Waals surface area contributed by atoms with Crippen LogP contribution in [0.5, 0.6) is 0 Å². The van der Waals surface area contributed by atoms with Crippen LogP contribution in [0.1, 0.15) is 40.0 Å². The average Bonchev–Trinajstić information content (AvgIpc) is 2.69. The van der Waals surface area contributed by atoms with Crippen LogP contribution in [0.3, 0.4) is 0 Å². The second-order valence-electron chi connectivity index (χ2n) is 5.34. The highest BCUT2D eigenvalue weighted by Crippen LogP contribution is 2.34. The lowest BCUT2D eigenvalue weighted by molar-refractivity contribution is 0.122. The van der Waals surface area contributed by atoms with E-state index in [9.17, 15) is 0 Å². The van der Waals surface area contributed by atoms with Gasteiger partial charge < -0.3 is 10.6 Å². The predicted molar refractivity (Wildman–Crippen MR) is 60.4 cm³/mol. The third-order valence-corrected chi connectivity index (χ3v) is 4.34. The van der Waals surface area contributed by atoms with Crippen LogP contribution in [0.25, 0.3) is 0 Å². The number of nitrogens with one attached hydrogen (secondary N) is 2. The summed E-state index contributed by atoms with van der Waals surface area (Å²) in [5.41, 5.74) is 0. The van der Waals surface area contributed by atoms with Crippen molar-refractivity contribution in [3.8, 4) is 0 Å². The molecule has 2 nitrogen and oxygen atoms in total. The second kappa shape index (κ2) is 4.19. The van der Waals surface area contributed by atoms with Crippen molar-refractivity contribution in [1.82, 2.24) is 10.6 Å². The molecule has 82 valence electrons. The summed E-state index contributed by atoms with van der Waals surface area (Å²) >= 11 is 0. The molecule has 2 fully saturated rings. The molecule has 1 aliphatic carbocycles. The van der Waals surface area contributed by atoms with Crippen molar-refractivity contribution in [2.45, 2.75) is 58.2 Å². The van der Waals surface area contributed by atoms with Crippen LogP contribution in [0.4, 0.5) is 0 Å². The third-order valence-electron chi connectivity index (χ3n) is 4.34. The van der Waals surface area contributed by atoms with Gasteiger partial charge in [0, 0.05) is 18.1 Å². The van der Waals surface area contributed by atoms with E-state index in [1.54, 1.807) is 0 Å². The van der Waals surface area contributed by atoms with Gasteiger partial charge in [-0.05, 0) is 44.6 Å². The van der Waals surface area contributed by atoms with Crippen molar-refractivity contribution in [2.24, 2.45) is 11.8 Å². The Bertz CT molecular complexity index is 187. The lowest BCUT2D eigenvalue weighted by Crippen LogP contribution is -2.55. The molecule has 0 aromatic heterocycles. The molecular formula is C12H24N2. The Balaban J connectivity index is 1.74. The van der Waals surface area contributed by atoms with E-state index in [1.807, 2.05) is 0 Å². The van der Waals surface area contributed by atoms with Gasteiger partial charge in [-0.3, -0.25) is 0 Å². The summed E-state index contributed by atoms with van der Waals surface area (Å²) in [6.07, 6.45) is 4.08. The molecule has 5 atom stereocenters. The fourth-order valence-electron chi connectivity index (χ4n) is 2.84. The summed E-state index contributed by atoms with van der Waals surface area (Å²) in [5.74, 6) is 1.80. The summed E-state index contributed by atoms with van der Waals surface area (Å²) in [7, 11) is 0. The zero-order chi connectivity index (χ0) is 10.1. The fraction of sp³-hybridized carbons (Fsp3) is 1.00. The summed E-state index contributed by atoms with van der Waals surface area (Å²) < 4.78 is 0. The number of hydrogen-bond acceptors (Lipinski definition) is 2. The second-order valence-corrected chi connectivity index (χ2v) is 5.34.